The molecule has 3 rings (SSSR count). The zero-order valence-corrected chi connectivity index (χ0v) is 9.24. The molecule has 1 fully saturated rings. The number of benzene rings is 1. The topological polar surface area (TPSA) is 62.3 Å². The van der Waals surface area contributed by atoms with E-state index in [-0.39, 0.29) is 6.29 Å². The number of anilines is 1. The fourth-order valence-electron chi connectivity index (χ4n) is 1.89. The highest BCUT2D eigenvalue weighted by atomic mass is 16.7. The molecule has 2 heterocycles. The van der Waals surface area contributed by atoms with Crippen LogP contribution in [0.5, 0.6) is 0 Å². The molecular formula is C12H13N3O2. The molecule has 88 valence electrons. The molecule has 1 saturated heterocycles. The predicted molar refractivity (Wildman–Crippen MR) is 62.6 cm³/mol. The van der Waals surface area contributed by atoms with Gasteiger partial charge in [-0.1, -0.05) is 6.07 Å². The number of ether oxygens (including phenoxy) is 2. The molecule has 1 aromatic carbocycles. The Morgan fingerprint density at radius 3 is 2.88 bits per heavy atom. The second-order valence-corrected chi connectivity index (χ2v) is 3.82. The maximum absolute atomic E-state index is 5.77. The van der Waals surface area contributed by atoms with Gasteiger partial charge < -0.3 is 15.2 Å². The first kappa shape index (κ1) is 10.3. The molecule has 5 heteroatoms. The van der Waals surface area contributed by atoms with Gasteiger partial charge >= 0.3 is 0 Å². The Kier molecular flexibility index (Phi) is 2.55. The molecule has 1 aliphatic heterocycles. The number of hydrogen-bond donors (Lipinski definition) is 1. The first-order valence-electron chi connectivity index (χ1n) is 5.47. The van der Waals surface area contributed by atoms with Crippen LogP contribution in [0, 0.1) is 0 Å². The lowest BCUT2D eigenvalue weighted by molar-refractivity contribution is -0.0516. The Bertz CT molecular complexity index is 518. The van der Waals surface area contributed by atoms with Gasteiger partial charge in [0, 0.05) is 23.8 Å². The quantitative estimate of drug-likeness (QED) is 0.795. The van der Waals surface area contributed by atoms with Gasteiger partial charge in [0.05, 0.1) is 13.2 Å². The van der Waals surface area contributed by atoms with Gasteiger partial charge in [-0.2, -0.15) is 0 Å². The smallest absolute Gasteiger partial charge is 0.217 e. The molecule has 0 aliphatic carbocycles. The lowest BCUT2D eigenvalue weighted by Gasteiger charge is -2.12. The second kappa shape index (κ2) is 4.20. The van der Waals surface area contributed by atoms with Crippen molar-refractivity contribution >= 4 is 5.69 Å². The lowest BCUT2D eigenvalue weighted by atomic mass is 10.3. The van der Waals surface area contributed by atoms with Gasteiger partial charge in [-0.05, 0) is 18.2 Å². The fourth-order valence-corrected chi connectivity index (χ4v) is 1.89. The van der Waals surface area contributed by atoms with Crippen LogP contribution in [-0.4, -0.2) is 22.8 Å². The van der Waals surface area contributed by atoms with Crippen LogP contribution in [0.25, 0.3) is 5.69 Å². The number of rotatable bonds is 2. The SMILES string of the molecule is Nc1cccc(-n2ccnc2C2OCCO2)c1. The van der Waals surface area contributed by atoms with Crippen LogP contribution in [0.15, 0.2) is 36.7 Å². The van der Waals surface area contributed by atoms with Crippen molar-refractivity contribution in [2.24, 2.45) is 0 Å². The summed E-state index contributed by atoms with van der Waals surface area (Å²) in [5.74, 6) is 0.744. The average Bonchev–Trinajstić information content (AvgIpc) is 3.00. The highest BCUT2D eigenvalue weighted by molar-refractivity contribution is 5.48. The monoisotopic (exact) mass is 231 g/mol. The van der Waals surface area contributed by atoms with Gasteiger partial charge in [0.2, 0.25) is 6.29 Å². The number of hydrogen-bond acceptors (Lipinski definition) is 4. The minimum absolute atomic E-state index is 0.383. The van der Waals surface area contributed by atoms with E-state index in [1.165, 1.54) is 0 Å². The molecule has 0 amide bonds. The van der Waals surface area contributed by atoms with Crippen molar-refractivity contribution < 1.29 is 9.47 Å². The van der Waals surface area contributed by atoms with Crippen molar-refractivity contribution in [3.63, 3.8) is 0 Å². The largest absolute Gasteiger partial charge is 0.399 e. The van der Waals surface area contributed by atoms with Crippen LogP contribution >= 0.6 is 0 Å². The number of nitrogen functional groups attached to an aromatic ring is 1. The summed E-state index contributed by atoms with van der Waals surface area (Å²) in [6.07, 6.45) is 3.21. The fraction of sp³-hybridized carbons (Fsp3) is 0.250. The van der Waals surface area contributed by atoms with Gasteiger partial charge in [0.15, 0.2) is 5.82 Å². The van der Waals surface area contributed by atoms with Crippen LogP contribution in [0.3, 0.4) is 0 Å². The van der Waals surface area contributed by atoms with Crippen LogP contribution < -0.4 is 5.73 Å². The molecule has 0 unspecified atom stereocenters. The summed E-state index contributed by atoms with van der Waals surface area (Å²) >= 11 is 0. The molecule has 1 aliphatic rings. The van der Waals surface area contributed by atoms with E-state index in [1.807, 2.05) is 35.0 Å². The molecule has 0 spiro atoms. The highest BCUT2D eigenvalue weighted by Gasteiger charge is 2.23. The zero-order valence-electron chi connectivity index (χ0n) is 9.24. The zero-order chi connectivity index (χ0) is 11.7. The molecule has 0 radical (unpaired) electrons. The molecule has 2 aromatic rings. The average molecular weight is 231 g/mol. The van der Waals surface area contributed by atoms with Crippen molar-refractivity contribution in [1.82, 2.24) is 9.55 Å². The molecular weight excluding hydrogens is 218 g/mol. The Morgan fingerprint density at radius 2 is 2.12 bits per heavy atom. The minimum atomic E-state index is -0.383. The van der Waals surface area contributed by atoms with Crippen molar-refractivity contribution in [3.05, 3.63) is 42.5 Å². The summed E-state index contributed by atoms with van der Waals surface area (Å²) in [7, 11) is 0. The maximum Gasteiger partial charge on any atom is 0.217 e. The van der Waals surface area contributed by atoms with Crippen molar-refractivity contribution in [1.29, 1.82) is 0 Å². The van der Waals surface area contributed by atoms with E-state index in [1.54, 1.807) is 6.20 Å². The van der Waals surface area contributed by atoms with E-state index in [2.05, 4.69) is 4.98 Å². The predicted octanol–water partition coefficient (Wildman–Crippen LogP) is 1.50. The van der Waals surface area contributed by atoms with Gasteiger partial charge in [-0.3, -0.25) is 4.57 Å². The summed E-state index contributed by atoms with van der Waals surface area (Å²) < 4.78 is 12.8. The Labute approximate surface area is 98.8 Å². The molecule has 0 atom stereocenters. The van der Waals surface area contributed by atoms with Crippen molar-refractivity contribution in [2.45, 2.75) is 6.29 Å². The molecule has 0 bridgehead atoms. The van der Waals surface area contributed by atoms with Crippen molar-refractivity contribution in [2.75, 3.05) is 18.9 Å². The van der Waals surface area contributed by atoms with E-state index in [9.17, 15) is 0 Å². The van der Waals surface area contributed by atoms with Gasteiger partial charge in [0.25, 0.3) is 0 Å². The third kappa shape index (κ3) is 1.90. The maximum atomic E-state index is 5.77. The first-order chi connectivity index (χ1) is 8.34. The molecule has 2 N–H and O–H groups in total. The standard InChI is InChI=1S/C12H13N3O2/c13-9-2-1-3-10(8-9)15-5-4-14-11(15)12-16-6-7-17-12/h1-5,8,12H,6-7,13H2. The third-order valence-electron chi connectivity index (χ3n) is 2.65. The lowest BCUT2D eigenvalue weighted by Crippen LogP contribution is -2.08. The number of nitrogens with two attached hydrogens (primary N) is 1. The summed E-state index contributed by atoms with van der Waals surface area (Å²) in [5.41, 5.74) is 7.45. The molecule has 0 saturated carbocycles. The molecule has 5 nitrogen and oxygen atoms in total. The third-order valence-corrected chi connectivity index (χ3v) is 2.65. The number of aromatic nitrogens is 2. The van der Waals surface area contributed by atoms with E-state index < -0.39 is 0 Å². The van der Waals surface area contributed by atoms with E-state index in [0.717, 1.165) is 17.2 Å². The van der Waals surface area contributed by atoms with Gasteiger partial charge in [-0.25, -0.2) is 4.98 Å². The Balaban J connectivity index is 2.00. The van der Waals surface area contributed by atoms with Crippen LogP contribution in [0.2, 0.25) is 0 Å². The first-order valence-corrected chi connectivity index (χ1v) is 5.47. The normalized spacial score (nSPS) is 16.5. The summed E-state index contributed by atoms with van der Waals surface area (Å²) in [5, 5.41) is 0. The van der Waals surface area contributed by atoms with E-state index >= 15 is 0 Å². The summed E-state index contributed by atoms with van der Waals surface area (Å²) in [6.45, 7) is 1.21. The number of nitrogens with zero attached hydrogens (tertiary/aromatic N) is 2. The Hall–Kier alpha value is -1.85. The van der Waals surface area contributed by atoms with E-state index in [4.69, 9.17) is 15.2 Å². The summed E-state index contributed by atoms with van der Waals surface area (Å²) in [6, 6.07) is 7.62. The van der Waals surface area contributed by atoms with Gasteiger partial charge in [0.1, 0.15) is 0 Å². The second-order valence-electron chi connectivity index (χ2n) is 3.82. The van der Waals surface area contributed by atoms with Crippen LogP contribution in [-0.2, 0) is 9.47 Å². The molecule has 1 aromatic heterocycles. The summed E-state index contributed by atoms with van der Waals surface area (Å²) in [4.78, 5) is 4.28. The van der Waals surface area contributed by atoms with Crippen molar-refractivity contribution in [3.8, 4) is 5.69 Å². The van der Waals surface area contributed by atoms with E-state index in [0.29, 0.717) is 13.2 Å². The van der Waals surface area contributed by atoms with Crippen LogP contribution in [0.4, 0.5) is 5.69 Å². The highest BCUT2D eigenvalue weighted by Crippen LogP contribution is 2.24. The molecule has 17 heavy (non-hydrogen) atoms. The number of imidazole rings is 1. The Morgan fingerprint density at radius 1 is 1.29 bits per heavy atom. The van der Waals surface area contributed by atoms with Gasteiger partial charge in [-0.15, -0.1) is 0 Å². The van der Waals surface area contributed by atoms with Crippen LogP contribution in [0.1, 0.15) is 12.1 Å². The minimum Gasteiger partial charge on any atom is -0.399 e.